The lowest BCUT2D eigenvalue weighted by molar-refractivity contribution is -0.128. The summed E-state index contributed by atoms with van der Waals surface area (Å²) in [5.74, 6) is -0.315. The molecule has 0 aliphatic rings. The third-order valence-corrected chi connectivity index (χ3v) is 2.89. The van der Waals surface area contributed by atoms with Gasteiger partial charge in [0.2, 0.25) is 0 Å². The van der Waals surface area contributed by atoms with E-state index in [9.17, 15) is 9.59 Å². The Balaban J connectivity index is 2.04. The molecule has 2 rings (SSSR count). The van der Waals surface area contributed by atoms with Crippen LogP contribution >= 0.6 is 0 Å². The Hall–Kier alpha value is -3.14. The third-order valence-electron chi connectivity index (χ3n) is 2.89. The van der Waals surface area contributed by atoms with Gasteiger partial charge in [0.15, 0.2) is 5.78 Å². The molecule has 0 saturated carbocycles. The van der Waals surface area contributed by atoms with E-state index < -0.39 is 5.97 Å². The summed E-state index contributed by atoms with van der Waals surface area (Å²) in [7, 11) is 0. The first-order chi connectivity index (χ1) is 10.6. The summed E-state index contributed by atoms with van der Waals surface area (Å²) in [5.41, 5.74) is 7.67. The van der Waals surface area contributed by atoms with Crippen molar-refractivity contribution < 1.29 is 14.3 Å². The van der Waals surface area contributed by atoms with Crippen molar-refractivity contribution >= 4 is 23.5 Å². The number of nitrogens with two attached hydrogens (primary N) is 1. The molecule has 0 heterocycles. The largest absolute Gasteiger partial charge is 0.423 e. The van der Waals surface area contributed by atoms with E-state index in [1.807, 2.05) is 12.1 Å². The average Bonchev–Trinajstić information content (AvgIpc) is 2.54. The Morgan fingerprint density at radius 3 is 2.23 bits per heavy atom. The molecule has 4 heteroatoms. The van der Waals surface area contributed by atoms with Crippen LogP contribution in [0.2, 0.25) is 0 Å². The predicted octanol–water partition coefficient (Wildman–Crippen LogP) is 3.26. The highest BCUT2D eigenvalue weighted by atomic mass is 16.5. The van der Waals surface area contributed by atoms with E-state index in [1.54, 1.807) is 42.5 Å². The number of allylic oxidation sites excluding steroid dienone is 1. The number of rotatable bonds is 5. The fourth-order valence-electron chi connectivity index (χ4n) is 1.72. The van der Waals surface area contributed by atoms with Crippen LogP contribution in [0.1, 0.15) is 15.9 Å². The molecule has 0 aromatic heterocycles. The summed E-state index contributed by atoms with van der Waals surface area (Å²) in [5, 5.41) is 0. The molecular weight excluding hydrogens is 278 g/mol. The van der Waals surface area contributed by atoms with Crippen molar-refractivity contribution in [2.45, 2.75) is 0 Å². The Labute approximate surface area is 128 Å². The van der Waals surface area contributed by atoms with E-state index in [4.69, 9.17) is 10.5 Å². The van der Waals surface area contributed by atoms with Crippen LogP contribution in [0.25, 0.3) is 6.08 Å². The van der Waals surface area contributed by atoms with Crippen molar-refractivity contribution in [2.24, 2.45) is 0 Å². The van der Waals surface area contributed by atoms with Crippen LogP contribution in [-0.2, 0) is 4.79 Å². The van der Waals surface area contributed by atoms with Crippen LogP contribution in [0.15, 0.2) is 67.3 Å². The highest BCUT2D eigenvalue weighted by Gasteiger charge is 2.04. The molecule has 0 amide bonds. The monoisotopic (exact) mass is 293 g/mol. The highest BCUT2D eigenvalue weighted by Crippen LogP contribution is 2.14. The Morgan fingerprint density at radius 1 is 1.00 bits per heavy atom. The summed E-state index contributed by atoms with van der Waals surface area (Å²) in [6, 6.07) is 13.5. The van der Waals surface area contributed by atoms with Crippen LogP contribution in [0, 0.1) is 0 Å². The molecule has 0 aliphatic carbocycles. The topological polar surface area (TPSA) is 69.4 Å². The van der Waals surface area contributed by atoms with Gasteiger partial charge in [-0.15, -0.1) is 0 Å². The molecule has 2 aromatic carbocycles. The summed E-state index contributed by atoms with van der Waals surface area (Å²) >= 11 is 0. The zero-order valence-corrected chi connectivity index (χ0v) is 11.9. The number of ketones is 1. The van der Waals surface area contributed by atoms with Crippen molar-refractivity contribution in [3.05, 3.63) is 78.4 Å². The number of ether oxygens (including phenoxy) is 1. The van der Waals surface area contributed by atoms with Crippen molar-refractivity contribution in [3.63, 3.8) is 0 Å². The zero-order valence-electron chi connectivity index (χ0n) is 11.9. The van der Waals surface area contributed by atoms with Crippen LogP contribution in [0.4, 0.5) is 5.69 Å². The van der Waals surface area contributed by atoms with Gasteiger partial charge in [-0.05, 0) is 48.0 Å². The zero-order chi connectivity index (χ0) is 15.9. The lowest BCUT2D eigenvalue weighted by Crippen LogP contribution is -2.03. The summed E-state index contributed by atoms with van der Waals surface area (Å²) in [4.78, 5) is 23.1. The van der Waals surface area contributed by atoms with E-state index in [0.29, 0.717) is 17.0 Å². The molecule has 0 atom stereocenters. The normalized spacial score (nSPS) is 10.4. The summed E-state index contributed by atoms with van der Waals surface area (Å²) in [6.07, 6.45) is 4.28. The number of benzene rings is 2. The SMILES string of the molecule is C=CC(=O)Oc1ccc(C(=O)C=Cc2ccc(N)cc2)cc1. The van der Waals surface area contributed by atoms with Crippen molar-refractivity contribution in [1.82, 2.24) is 0 Å². The minimum atomic E-state index is -0.540. The number of anilines is 1. The van der Waals surface area contributed by atoms with Gasteiger partial charge in [0.05, 0.1) is 0 Å². The maximum Gasteiger partial charge on any atom is 0.335 e. The Bertz CT molecular complexity index is 713. The van der Waals surface area contributed by atoms with E-state index in [-0.39, 0.29) is 5.78 Å². The fourth-order valence-corrected chi connectivity index (χ4v) is 1.72. The van der Waals surface area contributed by atoms with Crippen molar-refractivity contribution in [1.29, 1.82) is 0 Å². The Kier molecular flexibility index (Phi) is 4.88. The fraction of sp³-hybridized carbons (Fsp3) is 0. The van der Waals surface area contributed by atoms with E-state index in [2.05, 4.69) is 6.58 Å². The van der Waals surface area contributed by atoms with E-state index >= 15 is 0 Å². The van der Waals surface area contributed by atoms with Gasteiger partial charge in [-0.25, -0.2) is 4.79 Å². The van der Waals surface area contributed by atoms with Crippen molar-refractivity contribution in [2.75, 3.05) is 5.73 Å². The molecule has 4 nitrogen and oxygen atoms in total. The quantitative estimate of drug-likeness (QED) is 0.302. The molecule has 0 fully saturated rings. The highest BCUT2D eigenvalue weighted by molar-refractivity contribution is 6.06. The maximum absolute atomic E-state index is 12.0. The van der Waals surface area contributed by atoms with Crippen LogP contribution < -0.4 is 10.5 Å². The number of hydrogen-bond donors (Lipinski definition) is 1. The number of nitrogen functional groups attached to an aromatic ring is 1. The van der Waals surface area contributed by atoms with Gasteiger partial charge < -0.3 is 10.5 Å². The number of esters is 1. The molecule has 2 aromatic rings. The molecule has 110 valence electrons. The van der Waals surface area contributed by atoms with Crippen molar-refractivity contribution in [3.8, 4) is 5.75 Å². The molecule has 0 spiro atoms. The van der Waals surface area contributed by atoms with Gasteiger partial charge >= 0.3 is 5.97 Å². The third kappa shape index (κ3) is 4.18. The maximum atomic E-state index is 12.0. The van der Waals surface area contributed by atoms with E-state index in [1.165, 1.54) is 6.08 Å². The smallest absolute Gasteiger partial charge is 0.335 e. The van der Waals surface area contributed by atoms with Gasteiger partial charge in [-0.3, -0.25) is 4.79 Å². The first-order valence-corrected chi connectivity index (χ1v) is 6.61. The average molecular weight is 293 g/mol. The van der Waals surface area contributed by atoms with Gasteiger partial charge in [-0.2, -0.15) is 0 Å². The molecule has 0 bridgehead atoms. The van der Waals surface area contributed by atoms with Crippen LogP contribution in [-0.4, -0.2) is 11.8 Å². The lowest BCUT2D eigenvalue weighted by atomic mass is 10.1. The second-order valence-corrected chi connectivity index (χ2v) is 4.51. The lowest BCUT2D eigenvalue weighted by Gasteiger charge is -2.02. The minimum Gasteiger partial charge on any atom is -0.423 e. The summed E-state index contributed by atoms with van der Waals surface area (Å²) in [6.45, 7) is 3.32. The van der Waals surface area contributed by atoms with Gasteiger partial charge in [0, 0.05) is 17.3 Å². The van der Waals surface area contributed by atoms with Gasteiger partial charge in [0.25, 0.3) is 0 Å². The number of hydrogen-bond acceptors (Lipinski definition) is 4. The van der Waals surface area contributed by atoms with E-state index in [0.717, 1.165) is 11.6 Å². The standard InChI is InChI=1S/C18H15NO3/c1-2-18(21)22-16-10-6-14(7-11-16)17(20)12-5-13-3-8-15(19)9-4-13/h2-12H,1,19H2. The van der Waals surface area contributed by atoms with Gasteiger partial charge in [-0.1, -0.05) is 24.8 Å². The molecule has 0 saturated heterocycles. The Morgan fingerprint density at radius 2 is 1.64 bits per heavy atom. The molecule has 0 aliphatic heterocycles. The molecule has 0 radical (unpaired) electrons. The first-order valence-electron chi connectivity index (χ1n) is 6.61. The van der Waals surface area contributed by atoms with Crippen LogP contribution in [0.5, 0.6) is 5.75 Å². The summed E-state index contributed by atoms with van der Waals surface area (Å²) < 4.78 is 4.94. The molecule has 2 N–H and O–H groups in total. The number of carbonyl (C=O) groups excluding carboxylic acids is 2. The van der Waals surface area contributed by atoms with Gasteiger partial charge in [0.1, 0.15) is 5.75 Å². The second-order valence-electron chi connectivity index (χ2n) is 4.51. The first kappa shape index (κ1) is 15.3. The second kappa shape index (κ2) is 7.04. The molecule has 22 heavy (non-hydrogen) atoms. The predicted molar refractivity (Wildman–Crippen MR) is 86.5 cm³/mol. The molecule has 0 unspecified atom stereocenters. The number of carbonyl (C=O) groups is 2. The van der Waals surface area contributed by atoms with Crippen LogP contribution in [0.3, 0.4) is 0 Å². The minimum absolute atomic E-state index is 0.140. The molecular formula is C18H15NO3.